The third-order valence-electron chi connectivity index (χ3n) is 2.67. The van der Waals surface area contributed by atoms with Crippen LogP contribution >= 0.6 is 23.4 Å². The van der Waals surface area contributed by atoms with E-state index in [0.717, 1.165) is 10.7 Å². The SMILES string of the molecule is CCN=C1SC(=Cc2ccc(Cl)cc2)C(=O)N1CC. The highest BCUT2D eigenvalue weighted by Crippen LogP contribution is 2.32. The van der Waals surface area contributed by atoms with Crippen LogP contribution in [0.2, 0.25) is 5.02 Å². The second kappa shape index (κ2) is 6.26. The maximum atomic E-state index is 12.2. The Morgan fingerprint density at radius 2 is 2.00 bits per heavy atom. The number of amides is 1. The van der Waals surface area contributed by atoms with Crippen LogP contribution in [0.25, 0.3) is 6.08 Å². The van der Waals surface area contributed by atoms with Crippen molar-refractivity contribution < 1.29 is 4.79 Å². The number of halogens is 1. The van der Waals surface area contributed by atoms with Crippen LogP contribution < -0.4 is 0 Å². The molecular weight excluding hydrogens is 280 g/mol. The van der Waals surface area contributed by atoms with E-state index in [9.17, 15) is 4.79 Å². The Bertz CT molecular complexity index is 537. The van der Waals surface area contributed by atoms with Gasteiger partial charge in [-0.15, -0.1) is 0 Å². The van der Waals surface area contributed by atoms with Gasteiger partial charge in [-0.05, 0) is 49.4 Å². The molecule has 1 aromatic carbocycles. The van der Waals surface area contributed by atoms with E-state index in [1.165, 1.54) is 11.8 Å². The minimum absolute atomic E-state index is 0.0228. The lowest BCUT2D eigenvalue weighted by molar-refractivity contribution is -0.122. The molecule has 0 N–H and O–H groups in total. The number of hydrogen-bond donors (Lipinski definition) is 0. The molecule has 1 saturated heterocycles. The number of hydrogen-bond acceptors (Lipinski definition) is 3. The molecule has 0 radical (unpaired) electrons. The molecule has 0 atom stereocenters. The van der Waals surface area contributed by atoms with E-state index in [-0.39, 0.29) is 5.91 Å². The lowest BCUT2D eigenvalue weighted by Gasteiger charge is -2.11. The van der Waals surface area contributed by atoms with Crippen molar-refractivity contribution >= 4 is 40.5 Å². The largest absolute Gasteiger partial charge is 0.287 e. The molecule has 0 aromatic heterocycles. The highest BCUT2D eigenvalue weighted by Gasteiger charge is 2.31. The highest BCUT2D eigenvalue weighted by molar-refractivity contribution is 8.18. The average molecular weight is 295 g/mol. The molecule has 1 heterocycles. The zero-order chi connectivity index (χ0) is 13.8. The van der Waals surface area contributed by atoms with Crippen LogP contribution in [0.4, 0.5) is 0 Å². The van der Waals surface area contributed by atoms with Crippen LogP contribution in [0.1, 0.15) is 19.4 Å². The van der Waals surface area contributed by atoms with Crippen molar-refractivity contribution in [3.8, 4) is 0 Å². The van der Waals surface area contributed by atoms with Crippen molar-refractivity contribution in [1.82, 2.24) is 4.90 Å². The number of aliphatic imine (C=N–C) groups is 1. The third kappa shape index (κ3) is 3.19. The summed E-state index contributed by atoms with van der Waals surface area (Å²) in [6, 6.07) is 7.43. The summed E-state index contributed by atoms with van der Waals surface area (Å²) < 4.78 is 0. The van der Waals surface area contributed by atoms with E-state index < -0.39 is 0 Å². The number of rotatable bonds is 3. The Labute approximate surface area is 122 Å². The molecule has 1 aromatic rings. The van der Waals surface area contributed by atoms with Crippen LogP contribution in [-0.4, -0.2) is 29.1 Å². The van der Waals surface area contributed by atoms with Gasteiger partial charge in [-0.2, -0.15) is 0 Å². The van der Waals surface area contributed by atoms with Gasteiger partial charge in [0.2, 0.25) is 0 Å². The molecule has 1 amide bonds. The number of benzene rings is 1. The van der Waals surface area contributed by atoms with Gasteiger partial charge < -0.3 is 0 Å². The van der Waals surface area contributed by atoms with E-state index in [1.54, 1.807) is 4.90 Å². The second-order valence-corrected chi connectivity index (χ2v) is 5.41. The second-order valence-electron chi connectivity index (χ2n) is 3.97. The topological polar surface area (TPSA) is 32.7 Å². The quantitative estimate of drug-likeness (QED) is 0.797. The van der Waals surface area contributed by atoms with E-state index in [0.29, 0.717) is 23.0 Å². The minimum atomic E-state index is 0.0228. The molecule has 3 nitrogen and oxygen atoms in total. The summed E-state index contributed by atoms with van der Waals surface area (Å²) in [6.45, 7) is 5.24. The molecule has 1 aliphatic heterocycles. The van der Waals surface area contributed by atoms with Crippen molar-refractivity contribution in [2.24, 2.45) is 4.99 Å². The summed E-state index contributed by atoms with van der Waals surface area (Å²) in [4.78, 5) is 19.0. The fourth-order valence-corrected chi connectivity index (χ4v) is 2.98. The van der Waals surface area contributed by atoms with E-state index in [4.69, 9.17) is 11.6 Å². The number of amidine groups is 1. The Morgan fingerprint density at radius 3 is 2.58 bits per heavy atom. The summed E-state index contributed by atoms with van der Waals surface area (Å²) in [5.74, 6) is 0.0228. The number of carbonyl (C=O) groups excluding carboxylic acids is 1. The van der Waals surface area contributed by atoms with Gasteiger partial charge in [0, 0.05) is 18.1 Å². The van der Waals surface area contributed by atoms with Crippen molar-refractivity contribution in [2.75, 3.05) is 13.1 Å². The Morgan fingerprint density at radius 1 is 1.32 bits per heavy atom. The molecule has 0 saturated carbocycles. The summed E-state index contributed by atoms with van der Waals surface area (Å²) in [5.41, 5.74) is 0.967. The normalized spacial score (nSPS) is 19.7. The number of carbonyl (C=O) groups is 1. The Balaban J connectivity index is 2.28. The zero-order valence-corrected chi connectivity index (χ0v) is 12.5. The highest BCUT2D eigenvalue weighted by atomic mass is 35.5. The van der Waals surface area contributed by atoms with Gasteiger partial charge in [-0.25, -0.2) is 0 Å². The summed E-state index contributed by atoms with van der Waals surface area (Å²) in [6.07, 6.45) is 1.88. The lowest BCUT2D eigenvalue weighted by Crippen LogP contribution is -2.28. The minimum Gasteiger partial charge on any atom is -0.287 e. The maximum absolute atomic E-state index is 12.2. The predicted molar refractivity (Wildman–Crippen MR) is 82.4 cm³/mol. The fourth-order valence-electron chi connectivity index (χ4n) is 1.75. The summed E-state index contributed by atoms with van der Waals surface area (Å²) >= 11 is 7.28. The predicted octanol–water partition coefficient (Wildman–Crippen LogP) is 3.65. The van der Waals surface area contributed by atoms with Crippen LogP contribution in [0.5, 0.6) is 0 Å². The van der Waals surface area contributed by atoms with E-state index >= 15 is 0 Å². The average Bonchev–Trinajstić information content (AvgIpc) is 2.69. The Kier molecular flexibility index (Phi) is 4.66. The maximum Gasteiger partial charge on any atom is 0.266 e. The number of thioether (sulfide) groups is 1. The lowest BCUT2D eigenvalue weighted by atomic mass is 10.2. The van der Waals surface area contributed by atoms with Gasteiger partial charge in [0.05, 0.1) is 4.91 Å². The molecule has 100 valence electrons. The van der Waals surface area contributed by atoms with E-state index in [2.05, 4.69) is 4.99 Å². The van der Waals surface area contributed by atoms with Gasteiger partial charge in [0.15, 0.2) is 5.17 Å². The summed E-state index contributed by atoms with van der Waals surface area (Å²) in [5, 5.41) is 1.48. The molecule has 0 bridgehead atoms. The Hall–Kier alpha value is -1.26. The molecule has 1 fully saturated rings. The summed E-state index contributed by atoms with van der Waals surface area (Å²) in [7, 11) is 0. The van der Waals surface area contributed by atoms with Crippen LogP contribution in [0.3, 0.4) is 0 Å². The molecule has 2 rings (SSSR count). The monoisotopic (exact) mass is 294 g/mol. The van der Waals surface area contributed by atoms with Crippen molar-refractivity contribution in [1.29, 1.82) is 0 Å². The van der Waals surface area contributed by atoms with Crippen molar-refractivity contribution in [3.63, 3.8) is 0 Å². The first-order valence-electron chi connectivity index (χ1n) is 6.17. The molecule has 5 heteroatoms. The third-order valence-corrected chi connectivity index (χ3v) is 3.96. The first-order valence-corrected chi connectivity index (χ1v) is 7.36. The van der Waals surface area contributed by atoms with Gasteiger partial charge in [-0.1, -0.05) is 23.7 Å². The van der Waals surface area contributed by atoms with Crippen LogP contribution in [0, 0.1) is 0 Å². The van der Waals surface area contributed by atoms with Crippen molar-refractivity contribution in [3.05, 3.63) is 39.8 Å². The molecule has 0 spiro atoms. The first kappa shape index (κ1) is 14.2. The van der Waals surface area contributed by atoms with Crippen LogP contribution in [0.15, 0.2) is 34.2 Å². The molecular formula is C14H15ClN2OS. The van der Waals surface area contributed by atoms with Gasteiger partial charge >= 0.3 is 0 Å². The molecule has 0 unspecified atom stereocenters. The fraction of sp³-hybridized carbons (Fsp3) is 0.286. The van der Waals surface area contributed by atoms with Crippen LogP contribution in [-0.2, 0) is 4.79 Å². The van der Waals surface area contributed by atoms with Crippen molar-refractivity contribution in [2.45, 2.75) is 13.8 Å². The molecule has 19 heavy (non-hydrogen) atoms. The first-order chi connectivity index (χ1) is 9.15. The number of likely N-dealkylation sites (N-methyl/N-ethyl adjacent to an activating group) is 1. The van der Waals surface area contributed by atoms with Gasteiger partial charge in [0.1, 0.15) is 0 Å². The molecule has 0 aliphatic carbocycles. The number of nitrogens with zero attached hydrogens (tertiary/aromatic N) is 2. The van der Waals surface area contributed by atoms with Gasteiger partial charge in [0.25, 0.3) is 5.91 Å². The van der Waals surface area contributed by atoms with Gasteiger partial charge in [-0.3, -0.25) is 14.7 Å². The smallest absolute Gasteiger partial charge is 0.266 e. The van der Waals surface area contributed by atoms with E-state index in [1.807, 2.05) is 44.2 Å². The molecule has 1 aliphatic rings. The standard InChI is InChI=1S/C14H15ClN2OS/c1-3-16-14-17(4-2)13(18)12(19-14)9-10-5-7-11(15)8-6-10/h5-9H,3-4H2,1-2H3. The zero-order valence-electron chi connectivity index (χ0n) is 10.9.